The highest BCUT2D eigenvalue weighted by Crippen LogP contribution is 2.19. The number of anilines is 1. The molecule has 15 heavy (non-hydrogen) atoms. The molecule has 0 aromatic carbocycles. The quantitative estimate of drug-likeness (QED) is 0.602. The van der Waals surface area contributed by atoms with Gasteiger partial charge in [0.05, 0.1) is 0 Å². The summed E-state index contributed by atoms with van der Waals surface area (Å²) < 4.78 is 33.9. The molecular weight excluding hydrogens is 226 g/mol. The first-order valence-corrected chi connectivity index (χ1v) is 4.95. The number of fused-ring (bicyclic) bond motifs is 1. The van der Waals surface area contributed by atoms with Crippen LogP contribution in [0.3, 0.4) is 0 Å². The van der Waals surface area contributed by atoms with Crippen molar-refractivity contribution in [2.75, 3.05) is 5.73 Å². The Bertz CT molecular complexity index is 563. The Kier molecular flexibility index (Phi) is 1.94. The van der Waals surface area contributed by atoms with E-state index in [1.807, 2.05) is 0 Å². The molecule has 3 N–H and O–H groups in total. The smallest absolute Gasteiger partial charge is 0.381 e. The molecule has 0 unspecified atom stereocenters. The fourth-order valence-corrected chi connectivity index (χ4v) is 1.29. The van der Waals surface area contributed by atoms with Crippen molar-refractivity contribution < 1.29 is 17.3 Å². The SMILES string of the molecule is Nc1c2ncnc-2ncn1OS(=O)(=O)O. The lowest BCUT2D eigenvalue weighted by Crippen LogP contribution is -2.22. The third-order valence-corrected chi connectivity index (χ3v) is 1.87. The van der Waals surface area contributed by atoms with Gasteiger partial charge in [-0.05, 0) is 0 Å². The lowest BCUT2D eigenvalue weighted by atomic mass is 10.4. The Morgan fingerprint density at radius 3 is 2.80 bits per heavy atom. The standard InChI is InChI=1S/C5H5N5O4S/c6-4-3-5(8-1-7-3)9-2-10(4)14-15(11,12)13/h1-2H,6H2,(H,11,12,13). The minimum absolute atomic E-state index is 0.130. The minimum atomic E-state index is -4.66. The minimum Gasteiger partial charge on any atom is -0.381 e. The Balaban J connectivity index is 2.54. The third kappa shape index (κ3) is 1.80. The summed E-state index contributed by atoms with van der Waals surface area (Å²) in [7, 11) is -4.66. The molecule has 2 heterocycles. The van der Waals surface area contributed by atoms with E-state index in [1.165, 1.54) is 6.33 Å². The first kappa shape index (κ1) is 9.61. The number of aromatic nitrogens is 4. The van der Waals surface area contributed by atoms with Gasteiger partial charge in [-0.25, -0.2) is 15.0 Å². The predicted molar refractivity (Wildman–Crippen MR) is 47.0 cm³/mol. The second kappa shape index (κ2) is 3.03. The van der Waals surface area contributed by atoms with Crippen LogP contribution in [0.4, 0.5) is 5.82 Å². The van der Waals surface area contributed by atoms with Gasteiger partial charge in [0.2, 0.25) is 0 Å². The van der Waals surface area contributed by atoms with Gasteiger partial charge in [0.15, 0.2) is 17.3 Å². The Morgan fingerprint density at radius 2 is 2.13 bits per heavy atom. The summed E-state index contributed by atoms with van der Waals surface area (Å²) in [4.78, 5) is 11.2. The van der Waals surface area contributed by atoms with Gasteiger partial charge in [0.1, 0.15) is 12.7 Å². The molecule has 10 heteroatoms. The molecule has 0 aromatic rings. The van der Waals surface area contributed by atoms with Crippen molar-refractivity contribution in [2.45, 2.75) is 0 Å². The van der Waals surface area contributed by atoms with E-state index in [9.17, 15) is 8.42 Å². The van der Waals surface area contributed by atoms with Crippen LogP contribution in [0.15, 0.2) is 12.7 Å². The molecule has 0 radical (unpaired) electrons. The van der Waals surface area contributed by atoms with Crippen molar-refractivity contribution in [3.05, 3.63) is 12.7 Å². The van der Waals surface area contributed by atoms with Crippen LogP contribution in [0.5, 0.6) is 0 Å². The molecule has 2 aliphatic rings. The second-order valence-electron chi connectivity index (χ2n) is 2.50. The van der Waals surface area contributed by atoms with E-state index >= 15 is 0 Å². The summed E-state index contributed by atoms with van der Waals surface area (Å²) >= 11 is 0. The second-order valence-corrected chi connectivity index (χ2v) is 3.51. The maximum absolute atomic E-state index is 10.4. The van der Waals surface area contributed by atoms with E-state index in [1.54, 1.807) is 0 Å². The molecule has 0 aliphatic carbocycles. The Morgan fingerprint density at radius 1 is 1.40 bits per heavy atom. The van der Waals surface area contributed by atoms with Gasteiger partial charge in [-0.1, -0.05) is 0 Å². The zero-order valence-electron chi connectivity index (χ0n) is 7.10. The van der Waals surface area contributed by atoms with E-state index in [0.717, 1.165) is 6.33 Å². The molecular formula is C5H5N5O4S. The van der Waals surface area contributed by atoms with Crippen LogP contribution in [0.2, 0.25) is 0 Å². The summed E-state index contributed by atoms with van der Waals surface area (Å²) in [6.07, 6.45) is 2.17. The number of hydrogen-bond acceptors (Lipinski definition) is 7. The molecule has 2 aliphatic heterocycles. The molecule has 80 valence electrons. The molecule has 0 saturated heterocycles. The molecule has 0 spiro atoms. The number of nitrogens with zero attached hydrogens (tertiary/aromatic N) is 4. The van der Waals surface area contributed by atoms with E-state index in [0.29, 0.717) is 4.73 Å². The molecule has 0 fully saturated rings. The average molecular weight is 231 g/mol. The molecule has 2 rings (SSSR count). The lowest BCUT2D eigenvalue weighted by molar-refractivity contribution is 0.240. The highest BCUT2D eigenvalue weighted by atomic mass is 32.3. The molecule has 0 aromatic heterocycles. The van der Waals surface area contributed by atoms with Crippen LogP contribution < -0.4 is 10.0 Å². The van der Waals surface area contributed by atoms with Crippen LogP contribution in [0, 0.1) is 0 Å². The summed E-state index contributed by atoms with van der Waals surface area (Å²) in [5.74, 6) is 0.123. The zero-order valence-corrected chi connectivity index (χ0v) is 7.92. The topological polar surface area (TPSA) is 133 Å². The molecule has 0 amide bonds. The van der Waals surface area contributed by atoms with Gasteiger partial charge in [-0.3, -0.25) is 8.84 Å². The molecule has 0 atom stereocenters. The monoisotopic (exact) mass is 231 g/mol. The van der Waals surface area contributed by atoms with Crippen molar-refractivity contribution in [3.8, 4) is 11.5 Å². The highest BCUT2D eigenvalue weighted by molar-refractivity contribution is 7.81. The average Bonchev–Trinajstić information content (AvgIpc) is 2.56. The first-order valence-electron chi connectivity index (χ1n) is 3.58. The summed E-state index contributed by atoms with van der Waals surface area (Å²) in [5.41, 5.74) is 5.67. The van der Waals surface area contributed by atoms with E-state index < -0.39 is 10.4 Å². The van der Waals surface area contributed by atoms with Gasteiger partial charge in [0.25, 0.3) is 0 Å². The van der Waals surface area contributed by atoms with Gasteiger partial charge in [0, 0.05) is 0 Å². The number of nitrogen functional groups attached to an aromatic ring is 1. The van der Waals surface area contributed by atoms with Crippen LogP contribution in [-0.2, 0) is 10.4 Å². The summed E-state index contributed by atoms with van der Waals surface area (Å²) in [5, 5.41) is 0. The maximum Gasteiger partial charge on any atom is 0.465 e. The van der Waals surface area contributed by atoms with Gasteiger partial charge in [-0.15, -0.1) is 4.73 Å². The predicted octanol–water partition coefficient (Wildman–Crippen LogP) is -1.41. The first-order chi connectivity index (χ1) is 6.97. The highest BCUT2D eigenvalue weighted by Gasteiger charge is 2.17. The Hall–Kier alpha value is -1.94. The van der Waals surface area contributed by atoms with Crippen LogP contribution in [-0.4, -0.2) is 32.7 Å². The van der Waals surface area contributed by atoms with Gasteiger partial charge >= 0.3 is 10.4 Å². The number of rotatable bonds is 2. The molecule has 9 nitrogen and oxygen atoms in total. The number of nitrogens with two attached hydrogens (primary N) is 1. The largest absolute Gasteiger partial charge is 0.465 e. The van der Waals surface area contributed by atoms with Crippen LogP contribution >= 0.6 is 0 Å². The fourth-order valence-electron chi connectivity index (χ4n) is 0.970. The lowest BCUT2D eigenvalue weighted by Gasteiger charge is -2.08. The van der Waals surface area contributed by atoms with Gasteiger partial charge in [-0.2, -0.15) is 8.42 Å². The van der Waals surface area contributed by atoms with Crippen molar-refractivity contribution in [3.63, 3.8) is 0 Å². The summed E-state index contributed by atoms with van der Waals surface area (Å²) in [6, 6.07) is 0. The molecule has 0 bridgehead atoms. The molecule has 0 saturated carbocycles. The van der Waals surface area contributed by atoms with Crippen molar-refractivity contribution >= 4 is 16.2 Å². The van der Waals surface area contributed by atoms with E-state index in [4.69, 9.17) is 10.3 Å². The fraction of sp³-hybridized carbons (Fsp3) is 0. The van der Waals surface area contributed by atoms with Crippen molar-refractivity contribution in [1.82, 2.24) is 19.7 Å². The number of hydrogen-bond donors (Lipinski definition) is 2. The number of imidazole rings is 1. The maximum atomic E-state index is 10.4. The normalized spacial score (nSPS) is 11.8. The van der Waals surface area contributed by atoms with Crippen LogP contribution in [0.25, 0.3) is 11.5 Å². The summed E-state index contributed by atoms with van der Waals surface area (Å²) in [6.45, 7) is 0. The van der Waals surface area contributed by atoms with E-state index in [2.05, 4.69) is 19.2 Å². The zero-order chi connectivity index (χ0) is 11.1. The van der Waals surface area contributed by atoms with Crippen LogP contribution in [0.1, 0.15) is 0 Å². The Labute approximate surface area is 83.8 Å². The van der Waals surface area contributed by atoms with E-state index in [-0.39, 0.29) is 17.3 Å². The van der Waals surface area contributed by atoms with Crippen molar-refractivity contribution in [1.29, 1.82) is 0 Å². The van der Waals surface area contributed by atoms with Crippen molar-refractivity contribution in [2.24, 2.45) is 0 Å². The van der Waals surface area contributed by atoms with Gasteiger partial charge < -0.3 is 5.73 Å². The third-order valence-electron chi connectivity index (χ3n) is 1.52.